The van der Waals surface area contributed by atoms with Crippen molar-refractivity contribution in [1.82, 2.24) is 10.2 Å². The molecule has 0 aromatic rings. The molecule has 0 spiro atoms. The van der Waals surface area contributed by atoms with Crippen molar-refractivity contribution in [3.63, 3.8) is 0 Å². The molecule has 108 valence electrons. The van der Waals surface area contributed by atoms with Gasteiger partial charge in [-0.2, -0.15) is 0 Å². The van der Waals surface area contributed by atoms with Crippen LogP contribution in [-0.4, -0.2) is 48.2 Å². The number of ether oxygens (including phenoxy) is 1. The zero-order valence-electron chi connectivity index (χ0n) is 12.3. The van der Waals surface area contributed by atoms with Gasteiger partial charge in [-0.05, 0) is 39.5 Å². The largest absolute Gasteiger partial charge is 0.372 e. The van der Waals surface area contributed by atoms with Crippen molar-refractivity contribution >= 4 is 5.91 Å². The number of nitrogens with one attached hydrogen (secondary N) is 1. The van der Waals surface area contributed by atoms with Gasteiger partial charge in [0.2, 0.25) is 5.91 Å². The molecule has 1 N–H and O–H groups in total. The maximum Gasteiger partial charge on any atom is 0.230 e. The van der Waals surface area contributed by atoms with Crippen LogP contribution >= 0.6 is 0 Å². The van der Waals surface area contributed by atoms with E-state index in [4.69, 9.17) is 4.74 Å². The number of morpholine rings is 1. The summed E-state index contributed by atoms with van der Waals surface area (Å²) in [4.78, 5) is 15.1. The van der Waals surface area contributed by atoms with Gasteiger partial charge >= 0.3 is 0 Å². The predicted octanol–water partition coefficient (Wildman–Crippen LogP) is 1.54. The minimum absolute atomic E-state index is 0.139. The second kappa shape index (κ2) is 4.74. The Hall–Kier alpha value is -0.610. The summed E-state index contributed by atoms with van der Waals surface area (Å²) in [6.07, 6.45) is 4.73. The van der Waals surface area contributed by atoms with Crippen molar-refractivity contribution in [3.8, 4) is 0 Å². The van der Waals surface area contributed by atoms with Crippen LogP contribution in [0.2, 0.25) is 0 Å². The lowest BCUT2D eigenvalue weighted by Gasteiger charge is -2.43. The summed E-state index contributed by atoms with van der Waals surface area (Å²) in [5, 5.41) is 3.63. The molecule has 0 unspecified atom stereocenters. The highest BCUT2D eigenvalue weighted by Gasteiger charge is 2.55. The number of hydrogen-bond donors (Lipinski definition) is 1. The van der Waals surface area contributed by atoms with Crippen LogP contribution in [0.4, 0.5) is 0 Å². The number of rotatable bonds is 2. The summed E-state index contributed by atoms with van der Waals surface area (Å²) in [5.41, 5.74) is -0.139. The summed E-state index contributed by atoms with van der Waals surface area (Å²) in [7, 11) is 0. The Labute approximate surface area is 115 Å². The molecule has 3 heterocycles. The van der Waals surface area contributed by atoms with Crippen molar-refractivity contribution in [1.29, 1.82) is 0 Å². The van der Waals surface area contributed by atoms with E-state index in [-0.39, 0.29) is 17.6 Å². The van der Waals surface area contributed by atoms with Gasteiger partial charge in [0.25, 0.3) is 0 Å². The molecule has 1 amide bonds. The topological polar surface area (TPSA) is 41.6 Å². The molecule has 0 radical (unpaired) electrons. The van der Waals surface area contributed by atoms with Crippen LogP contribution in [0.5, 0.6) is 0 Å². The average Bonchev–Trinajstić information content (AvgIpc) is 2.97. The highest BCUT2D eigenvalue weighted by molar-refractivity contribution is 5.84. The molecular weight excluding hydrogens is 240 g/mol. The molecular formula is C15H26N2O2. The Morgan fingerprint density at radius 2 is 2.00 bits per heavy atom. The molecule has 0 aromatic carbocycles. The Balaban J connectivity index is 1.78. The summed E-state index contributed by atoms with van der Waals surface area (Å²) < 4.78 is 5.75. The van der Waals surface area contributed by atoms with Crippen molar-refractivity contribution in [3.05, 3.63) is 0 Å². The molecule has 3 fully saturated rings. The van der Waals surface area contributed by atoms with Gasteiger partial charge in [0, 0.05) is 25.2 Å². The first kappa shape index (κ1) is 13.4. The van der Waals surface area contributed by atoms with Gasteiger partial charge in [-0.15, -0.1) is 0 Å². The summed E-state index contributed by atoms with van der Waals surface area (Å²) in [6.45, 7) is 7.80. The molecule has 0 aliphatic carbocycles. The maximum absolute atomic E-state index is 13.1. The van der Waals surface area contributed by atoms with Crippen molar-refractivity contribution in [2.75, 3.05) is 13.1 Å². The zero-order valence-corrected chi connectivity index (χ0v) is 12.3. The average molecular weight is 266 g/mol. The maximum atomic E-state index is 13.1. The van der Waals surface area contributed by atoms with E-state index in [1.54, 1.807) is 0 Å². The highest BCUT2D eigenvalue weighted by atomic mass is 16.5. The Bertz CT molecular complexity index is 363. The molecule has 3 rings (SSSR count). The van der Waals surface area contributed by atoms with E-state index in [2.05, 4.69) is 31.0 Å². The summed E-state index contributed by atoms with van der Waals surface area (Å²) >= 11 is 0. The van der Waals surface area contributed by atoms with E-state index in [0.29, 0.717) is 18.0 Å². The zero-order chi connectivity index (χ0) is 13.6. The second-order valence-corrected chi connectivity index (χ2v) is 6.67. The molecule has 0 saturated carbocycles. The van der Waals surface area contributed by atoms with Crippen LogP contribution in [0.25, 0.3) is 0 Å². The number of fused-ring (bicyclic) bond motifs is 2. The third-order valence-corrected chi connectivity index (χ3v) is 5.28. The predicted molar refractivity (Wildman–Crippen MR) is 73.9 cm³/mol. The van der Waals surface area contributed by atoms with Crippen molar-refractivity contribution in [2.24, 2.45) is 5.41 Å². The van der Waals surface area contributed by atoms with Crippen LogP contribution in [0, 0.1) is 5.41 Å². The fraction of sp³-hybridized carbons (Fsp3) is 0.933. The molecule has 0 aromatic heterocycles. The second-order valence-electron chi connectivity index (χ2n) is 6.67. The van der Waals surface area contributed by atoms with Gasteiger partial charge in [0.15, 0.2) is 0 Å². The minimum Gasteiger partial charge on any atom is -0.372 e. The lowest BCUT2D eigenvalue weighted by Crippen LogP contribution is -2.56. The minimum atomic E-state index is -0.139. The number of carbonyl (C=O) groups excluding carboxylic acids is 1. The third-order valence-electron chi connectivity index (χ3n) is 5.28. The van der Waals surface area contributed by atoms with Crippen LogP contribution in [0.3, 0.4) is 0 Å². The highest BCUT2D eigenvalue weighted by Crippen LogP contribution is 2.47. The van der Waals surface area contributed by atoms with Gasteiger partial charge in [0.05, 0.1) is 17.6 Å². The van der Waals surface area contributed by atoms with Crippen molar-refractivity contribution in [2.45, 2.75) is 70.7 Å². The first-order valence-corrected chi connectivity index (χ1v) is 7.76. The van der Waals surface area contributed by atoms with E-state index >= 15 is 0 Å². The van der Waals surface area contributed by atoms with Crippen LogP contribution in [0.15, 0.2) is 0 Å². The fourth-order valence-corrected chi connectivity index (χ4v) is 4.43. The Morgan fingerprint density at radius 3 is 2.47 bits per heavy atom. The lowest BCUT2D eigenvalue weighted by molar-refractivity contribution is -0.155. The number of nitrogens with zero attached hydrogens (tertiary/aromatic N) is 1. The quantitative estimate of drug-likeness (QED) is 0.824. The molecule has 3 aliphatic rings. The van der Waals surface area contributed by atoms with E-state index in [1.807, 2.05) is 0 Å². The Kier molecular flexibility index (Phi) is 3.34. The summed E-state index contributed by atoms with van der Waals surface area (Å²) in [5.74, 6) is 0.372. The van der Waals surface area contributed by atoms with Gasteiger partial charge in [-0.25, -0.2) is 0 Å². The number of carbonyl (C=O) groups is 1. The van der Waals surface area contributed by atoms with E-state index in [9.17, 15) is 4.79 Å². The number of hydrogen-bond acceptors (Lipinski definition) is 3. The summed E-state index contributed by atoms with van der Waals surface area (Å²) in [6, 6.07) is 0.980. The molecule has 19 heavy (non-hydrogen) atoms. The molecule has 3 saturated heterocycles. The van der Waals surface area contributed by atoms with E-state index < -0.39 is 0 Å². The van der Waals surface area contributed by atoms with Gasteiger partial charge in [-0.3, -0.25) is 4.79 Å². The first-order chi connectivity index (χ1) is 9.05. The molecule has 2 bridgehead atoms. The molecule has 4 heteroatoms. The fourth-order valence-electron chi connectivity index (χ4n) is 4.43. The van der Waals surface area contributed by atoms with E-state index in [1.165, 1.54) is 12.8 Å². The van der Waals surface area contributed by atoms with Crippen LogP contribution in [0.1, 0.15) is 46.5 Å². The smallest absolute Gasteiger partial charge is 0.230 e. The standard InChI is InChI=1S/C15H26N2O2/c1-4-15(7-12-5-6-13(15)16-12)14(18)17-8-10(2)19-11(3)9-17/h10-13,16H,4-9H2,1-3H3/t10-,11+,12-,13+,15+/m0/s1. The van der Waals surface area contributed by atoms with Crippen LogP contribution in [-0.2, 0) is 9.53 Å². The van der Waals surface area contributed by atoms with E-state index in [0.717, 1.165) is 25.9 Å². The van der Waals surface area contributed by atoms with Gasteiger partial charge < -0.3 is 15.0 Å². The van der Waals surface area contributed by atoms with Crippen molar-refractivity contribution < 1.29 is 9.53 Å². The molecule has 4 nitrogen and oxygen atoms in total. The molecule has 3 aliphatic heterocycles. The van der Waals surface area contributed by atoms with Gasteiger partial charge in [0.1, 0.15) is 0 Å². The van der Waals surface area contributed by atoms with Crippen LogP contribution < -0.4 is 5.32 Å². The van der Waals surface area contributed by atoms with Gasteiger partial charge in [-0.1, -0.05) is 6.92 Å². The third kappa shape index (κ3) is 2.09. The SMILES string of the molecule is CC[C@@]1(C(=O)N2C[C@@H](C)O[C@@H](C)C2)C[C@@H]2CC[C@H]1N2. The monoisotopic (exact) mass is 266 g/mol. The Morgan fingerprint density at radius 1 is 1.32 bits per heavy atom. The normalized spacial score (nSPS) is 45.7. The number of amides is 1. The first-order valence-electron chi connectivity index (χ1n) is 7.76. The molecule has 5 atom stereocenters. The lowest BCUT2D eigenvalue weighted by atomic mass is 9.70.